The van der Waals surface area contributed by atoms with Crippen LogP contribution in [0, 0.1) is 0 Å². The molecule has 0 bridgehead atoms. The second kappa shape index (κ2) is 5.12. The van der Waals surface area contributed by atoms with E-state index in [0.29, 0.717) is 6.54 Å². The van der Waals surface area contributed by atoms with Crippen molar-refractivity contribution in [1.29, 1.82) is 0 Å². The monoisotopic (exact) mass is 177 g/mol. The standard InChI is InChI=1S/C6H11N3O.ClH/c7-6(5-10)4-9-3-1-2-8-9;/h1-3,6,10H,4-5,7H2;1H. The third-order valence-electron chi connectivity index (χ3n) is 1.22. The van der Waals surface area contributed by atoms with Crippen LogP contribution >= 0.6 is 12.4 Å². The maximum atomic E-state index is 8.57. The van der Waals surface area contributed by atoms with E-state index in [1.54, 1.807) is 10.9 Å². The Morgan fingerprint density at radius 3 is 2.82 bits per heavy atom. The Morgan fingerprint density at radius 2 is 2.36 bits per heavy atom. The van der Waals surface area contributed by atoms with Gasteiger partial charge >= 0.3 is 0 Å². The highest BCUT2D eigenvalue weighted by Gasteiger charge is 1.99. The molecule has 3 N–H and O–H groups in total. The number of aliphatic hydroxyl groups is 1. The average molecular weight is 178 g/mol. The Morgan fingerprint density at radius 1 is 1.64 bits per heavy atom. The van der Waals surface area contributed by atoms with Gasteiger partial charge in [-0.3, -0.25) is 4.68 Å². The molecule has 4 nitrogen and oxygen atoms in total. The molecule has 1 aromatic rings. The first-order chi connectivity index (χ1) is 4.83. The molecule has 1 aromatic heterocycles. The van der Waals surface area contributed by atoms with Crippen molar-refractivity contribution in [1.82, 2.24) is 9.78 Å². The molecule has 0 aliphatic rings. The molecule has 1 rings (SSSR count). The van der Waals surface area contributed by atoms with Crippen LogP contribution in [-0.2, 0) is 6.54 Å². The number of aromatic nitrogens is 2. The quantitative estimate of drug-likeness (QED) is 0.662. The summed E-state index contributed by atoms with van der Waals surface area (Å²) in [5.74, 6) is 0. The lowest BCUT2D eigenvalue weighted by Gasteiger charge is -2.06. The number of rotatable bonds is 3. The fraction of sp³-hybridized carbons (Fsp3) is 0.500. The zero-order chi connectivity index (χ0) is 7.40. The van der Waals surface area contributed by atoms with Gasteiger partial charge in [0.05, 0.1) is 13.2 Å². The molecule has 5 heteroatoms. The molecule has 0 aliphatic carbocycles. The van der Waals surface area contributed by atoms with Crippen LogP contribution in [0.15, 0.2) is 18.5 Å². The van der Waals surface area contributed by atoms with E-state index in [4.69, 9.17) is 10.8 Å². The maximum absolute atomic E-state index is 8.57. The predicted octanol–water partition coefficient (Wildman–Crippen LogP) is -0.376. The summed E-state index contributed by atoms with van der Waals surface area (Å²) >= 11 is 0. The molecule has 0 aromatic carbocycles. The third kappa shape index (κ3) is 3.36. The van der Waals surface area contributed by atoms with Gasteiger partial charge in [-0.1, -0.05) is 0 Å². The number of nitrogens with two attached hydrogens (primary N) is 1. The fourth-order valence-corrected chi connectivity index (χ4v) is 0.706. The normalized spacial score (nSPS) is 12.2. The lowest BCUT2D eigenvalue weighted by atomic mass is 10.3. The van der Waals surface area contributed by atoms with Crippen LogP contribution < -0.4 is 5.73 Å². The molecule has 0 aliphatic heterocycles. The Bertz CT molecular complexity index is 178. The van der Waals surface area contributed by atoms with Crippen molar-refractivity contribution >= 4 is 12.4 Å². The number of hydrogen-bond acceptors (Lipinski definition) is 3. The zero-order valence-corrected chi connectivity index (χ0v) is 6.87. The van der Waals surface area contributed by atoms with Gasteiger partial charge in [-0.25, -0.2) is 0 Å². The molecule has 0 fully saturated rings. The zero-order valence-electron chi connectivity index (χ0n) is 6.05. The predicted molar refractivity (Wildman–Crippen MR) is 44.5 cm³/mol. The summed E-state index contributed by atoms with van der Waals surface area (Å²) in [5, 5.41) is 12.5. The molecular formula is C6H12ClN3O. The van der Waals surface area contributed by atoms with E-state index in [1.807, 2.05) is 12.3 Å². The molecule has 0 spiro atoms. The van der Waals surface area contributed by atoms with Crippen LogP contribution in [0.3, 0.4) is 0 Å². The smallest absolute Gasteiger partial charge is 0.0600 e. The van der Waals surface area contributed by atoms with Crippen molar-refractivity contribution in [3.63, 3.8) is 0 Å². The number of hydrogen-bond donors (Lipinski definition) is 2. The van der Waals surface area contributed by atoms with Crippen molar-refractivity contribution in [2.45, 2.75) is 12.6 Å². The highest BCUT2D eigenvalue weighted by Crippen LogP contribution is 1.86. The maximum Gasteiger partial charge on any atom is 0.0600 e. The topological polar surface area (TPSA) is 64.1 Å². The van der Waals surface area contributed by atoms with Crippen molar-refractivity contribution < 1.29 is 5.11 Å². The fourth-order valence-electron chi connectivity index (χ4n) is 0.706. The van der Waals surface area contributed by atoms with E-state index in [1.165, 1.54) is 0 Å². The SMILES string of the molecule is Cl.NC(CO)Cn1cccn1. The molecule has 0 amide bonds. The number of aliphatic hydroxyl groups excluding tert-OH is 1. The molecule has 1 unspecified atom stereocenters. The highest BCUT2D eigenvalue weighted by molar-refractivity contribution is 5.85. The van der Waals surface area contributed by atoms with Crippen molar-refractivity contribution in [3.05, 3.63) is 18.5 Å². The van der Waals surface area contributed by atoms with Gasteiger partial charge in [0.15, 0.2) is 0 Å². The molecule has 11 heavy (non-hydrogen) atoms. The van der Waals surface area contributed by atoms with Gasteiger partial charge in [0.2, 0.25) is 0 Å². The van der Waals surface area contributed by atoms with Crippen LogP contribution in [0.2, 0.25) is 0 Å². The average Bonchev–Trinajstić information content (AvgIpc) is 2.40. The second-order valence-corrected chi connectivity index (χ2v) is 2.17. The Kier molecular flexibility index (Phi) is 4.85. The molecule has 64 valence electrons. The largest absolute Gasteiger partial charge is 0.395 e. The van der Waals surface area contributed by atoms with E-state index in [9.17, 15) is 0 Å². The minimum absolute atomic E-state index is 0. The van der Waals surface area contributed by atoms with Crippen molar-refractivity contribution in [2.24, 2.45) is 5.73 Å². The molecule has 0 saturated heterocycles. The number of nitrogens with zero attached hydrogens (tertiary/aromatic N) is 2. The highest BCUT2D eigenvalue weighted by atomic mass is 35.5. The summed E-state index contributed by atoms with van der Waals surface area (Å²) in [6, 6.07) is 1.62. The van der Waals surface area contributed by atoms with E-state index in [-0.39, 0.29) is 25.1 Å². The van der Waals surface area contributed by atoms with E-state index < -0.39 is 0 Å². The van der Waals surface area contributed by atoms with E-state index in [2.05, 4.69) is 5.10 Å². The molecular weight excluding hydrogens is 166 g/mol. The van der Waals surface area contributed by atoms with Gasteiger partial charge in [-0.2, -0.15) is 5.10 Å². The first-order valence-corrected chi connectivity index (χ1v) is 3.17. The molecule has 0 radical (unpaired) electrons. The summed E-state index contributed by atoms with van der Waals surface area (Å²) in [6.45, 7) is 0.573. The second-order valence-electron chi connectivity index (χ2n) is 2.17. The Hall–Kier alpha value is -0.580. The minimum Gasteiger partial charge on any atom is -0.395 e. The van der Waals surface area contributed by atoms with Gasteiger partial charge in [-0.05, 0) is 6.07 Å². The van der Waals surface area contributed by atoms with Gasteiger partial charge < -0.3 is 10.8 Å². The lowest BCUT2D eigenvalue weighted by molar-refractivity contribution is 0.250. The molecule has 1 heterocycles. The van der Waals surface area contributed by atoms with Crippen molar-refractivity contribution in [3.8, 4) is 0 Å². The molecule has 0 saturated carbocycles. The van der Waals surface area contributed by atoms with E-state index in [0.717, 1.165) is 0 Å². The van der Waals surface area contributed by atoms with Crippen LogP contribution in [0.25, 0.3) is 0 Å². The first kappa shape index (κ1) is 10.4. The van der Waals surface area contributed by atoms with Crippen LogP contribution in [-0.4, -0.2) is 27.5 Å². The van der Waals surface area contributed by atoms with Gasteiger partial charge in [-0.15, -0.1) is 12.4 Å². The summed E-state index contributed by atoms with van der Waals surface area (Å²) in [7, 11) is 0. The summed E-state index contributed by atoms with van der Waals surface area (Å²) in [5.41, 5.74) is 5.45. The Labute approximate surface area is 71.4 Å². The van der Waals surface area contributed by atoms with Crippen LogP contribution in [0.5, 0.6) is 0 Å². The Balaban J connectivity index is 0.000001000. The number of halogens is 1. The summed E-state index contributed by atoms with van der Waals surface area (Å²) in [4.78, 5) is 0. The third-order valence-corrected chi connectivity index (χ3v) is 1.22. The molecule has 1 atom stereocenters. The van der Waals surface area contributed by atoms with Gasteiger partial charge in [0, 0.05) is 18.4 Å². The lowest BCUT2D eigenvalue weighted by Crippen LogP contribution is -2.29. The summed E-state index contributed by atoms with van der Waals surface area (Å²) in [6.07, 6.45) is 3.50. The summed E-state index contributed by atoms with van der Waals surface area (Å²) < 4.78 is 1.70. The van der Waals surface area contributed by atoms with Gasteiger partial charge in [0.25, 0.3) is 0 Å². The van der Waals surface area contributed by atoms with Crippen LogP contribution in [0.4, 0.5) is 0 Å². The van der Waals surface area contributed by atoms with Crippen molar-refractivity contribution in [2.75, 3.05) is 6.61 Å². The van der Waals surface area contributed by atoms with Gasteiger partial charge in [0.1, 0.15) is 0 Å². The van der Waals surface area contributed by atoms with Crippen LogP contribution in [0.1, 0.15) is 0 Å². The first-order valence-electron chi connectivity index (χ1n) is 3.17. The van der Waals surface area contributed by atoms with E-state index >= 15 is 0 Å². The minimum atomic E-state index is -0.208.